The molecule has 1 aromatic heterocycles. The molecule has 0 saturated carbocycles. The van der Waals surface area contributed by atoms with Crippen molar-refractivity contribution in [2.24, 2.45) is 0 Å². The van der Waals surface area contributed by atoms with Gasteiger partial charge in [-0.25, -0.2) is 9.55 Å². The Bertz CT molecular complexity index is 735. The molecule has 0 fully saturated rings. The van der Waals surface area contributed by atoms with Crippen LogP contribution in [0.5, 0.6) is 0 Å². The molecule has 0 spiro atoms. The number of H-pyrrole nitrogens is 1. The number of imidazole rings is 1. The van der Waals surface area contributed by atoms with E-state index >= 15 is 0 Å². The molecule has 210 valence electrons. The average Bonchev–Trinajstić information content (AvgIpc) is 3.38. The van der Waals surface area contributed by atoms with E-state index in [1.54, 1.807) is 0 Å². The fraction of sp³-hybridized carbons (Fsp3) is 0.743. The fourth-order valence-electron chi connectivity index (χ4n) is 5.82. The molecule has 0 aliphatic carbocycles. The number of benzene rings is 1. The van der Waals surface area contributed by atoms with E-state index < -0.39 is 0 Å². The van der Waals surface area contributed by atoms with Gasteiger partial charge in [-0.15, -0.1) is 0 Å². The van der Waals surface area contributed by atoms with Crippen molar-refractivity contribution in [1.29, 1.82) is 0 Å². The van der Waals surface area contributed by atoms with Gasteiger partial charge in [-0.2, -0.15) is 0 Å². The molecule has 0 unspecified atom stereocenters. The van der Waals surface area contributed by atoms with Crippen LogP contribution >= 0.6 is 0 Å². The Morgan fingerprint density at radius 1 is 0.568 bits per heavy atom. The van der Waals surface area contributed by atoms with Crippen LogP contribution in [-0.2, 0) is 6.54 Å². The van der Waals surface area contributed by atoms with Crippen molar-refractivity contribution < 1.29 is 4.57 Å². The average molecular weight is 510 g/mol. The van der Waals surface area contributed by atoms with Crippen LogP contribution in [0, 0.1) is 0 Å². The maximum Gasteiger partial charge on any atom is 0.257 e. The standard InChI is InChI=1S/C35H60N2/c1-3-5-7-8-9-10-11-12-13-14-15-16-17-18-19-20-25-29-34(28-22-6-4-2)35-36-30-31-37(35)32-33-26-23-21-24-27-33/h21,23-24,26-27,30-31,34H,3-20,22,25,28-29,32H2,1-2H3/p+1/t34-/m0/s1. The van der Waals surface area contributed by atoms with Gasteiger partial charge in [0.2, 0.25) is 0 Å². The molecular weight excluding hydrogens is 448 g/mol. The number of rotatable bonds is 25. The zero-order valence-electron chi connectivity index (χ0n) is 24.8. The highest BCUT2D eigenvalue weighted by molar-refractivity contribution is 5.13. The second-order valence-electron chi connectivity index (χ2n) is 11.6. The number of nitrogens with zero attached hydrogens (tertiary/aromatic N) is 1. The Hall–Kier alpha value is -1.57. The van der Waals surface area contributed by atoms with Crippen molar-refractivity contribution in [3.05, 3.63) is 54.1 Å². The molecule has 0 bridgehead atoms. The summed E-state index contributed by atoms with van der Waals surface area (Å²) in [4.78, 5) is 3.62. The lowest BCUT2D eigenvalue weighted by Gasteiger charge is -2.14. The molecule has 2 rings (SSSR count). The lowest BCUT2D eigenvalue weighted by atomic mass is 9.93. The van der Waals surface area contributed by atoms with E-state index in [0.717, 1.165) is 6.54 Å². The lowest BCUT2D eigenvalue weighted by Crippen LogP contribution is -2.38. The maximum atomic E-state index is 3.62. The summed E-state index contributed by atoms with van der Waals surface area (Å²) in [5.74, 6) is 2.11. The van der Waals surface area contributed by atoms with E-state index in [0.29, 0.717) is 5.92 Å². The van der Waals surface area contributed by atoms with Crippen molar-refractivity contribution in [1.82, 2.24) is 4.98 Å². The summed E-state index contributed by atoms with van der Waals surface area (Å²) in [7, 11) is 0. The van der Waals surface area contributed by atoms with E-state index in [-0.39, 0.29) is 0 Å². The summed E-state index contributed by atoms with van der Waals surface area (Å²) in [5, 5.41) is 0. The minimum absolute atomic E-state index is 0.668. The summed E-state index contributed by atoms with van der Waals surface area (Å²) in [6.45, 7) is 5.59. The van der Waals surface area contributed by atoms with E-state index in [2.05, 4.69) is 66.1 Å². The molecule has 1 heterocycles. The molecule has 2 nitrogen and oxygen atoms in total. The van der Waals surface area contributed by atoms with Gasteiger partial charge in [0.1, 0.15) is 18.9 Å². The molecule has 1 N–H and O–H groups in total. The Morgan fingerprint density at radius 3 is 1.51 bits per heavy atom. The van der Waals surface area contributed by atoms with Crippen LogP contribution in [-0.4, -0.2) is 4.98 Å². The quantitative estimate of drug-likeness (QED) is 0.101. The van der Waals surface area contributed by atoms with Crippen molar-refractivity contribution in [3.8, 4) is 0 Å². The predicted molar refractivity (Wildman–Crippen MR) is 162 cm³/mol. The first-order valence-corrected chi connectivity index (χ1v) is 16.5. The van der Waals surface area contributed by atoms with E-state index in [4.69, 9.17) is 0 Å². The Morgan fingerprint density at radius 2 is 1.00 bits per heavy atom. The first-order valence-electron chi connectivity index (χ1n) is 16.5. The third kappa shape index (κ3) is 15.4. The molecule has 0 amide bonds. The smallest absolute Gasteiger partial charge is 0.247 e. The second kappa shape index (κ2) is 22.4. The zero-order valence-corrected chi connectivity index (χ0v) is 24.8. The molecule has 1 aromatic carbocycles. The molecular formula is C35H61N2+. The third-order valence-electron chi connectivity index (χ3n) is 8.19. The SMILES string of the molecule is CCCCCCCCCCCCCCCCCCC[C@H](CCCCC)c1[nH]cc[n+]1Cc1ccccc1. The van der Waals surface area contributed by atoms with Crippen molar-refractivity contribution in [2.75, 3.05) is 0 Å². The van der Waals surface area contributed by atoms with E-state index in [1.165, 1.54) is 153 Å². The highest BCUT2D eigenvalue weighted by Crippen LogP contribution is 2.26. The van der Waals surface area contributed by atoms with Crippen LogP contribution in [0.4, 0.5) is 0 Å². The fourth-order valence-corrected chi connectivity index (χ4v) is 5.82. The van der Waals surface area contributed by atoms with Crippen LogP contribution < -0.4 is 4.57 Å². The Balaban J connectivity index is 1.53. The van der Waals surface area contributed by atoms with Crippen molar-refractivity contribution >= 4 is 0 Å². The van der Waals surface area contributed by atoms with Gasteiger partial charge in [0, 0.05) is 0 Å². The number of hydrogen-bond acceptors (Lipinski definition) is 0. The normalized spacial score (nSPS) is 12.3. The highest BCUT2D eigenvalue weighted by Gasteiger charge is 2.22. The minimum Gasteiger partial charge on any atom is -0.247 e. The number of nitrogens with one attached hydrogen (secondary N) is 1. The first-order chi connectivity index (χ1) is 18.3. The van der Waals surface area contributed by atoms with Gasteiger partial charge < -0.3 is 0 Å². The zero-order chi connectivity index (χ0) is 26.2. The van der Waals surface area contributed by atoms with E-state index in [9.17, 15) is 0 Å². The summed E-state index contributed by atoms with van der Waals surface area (Å²) < 4.78 is 2.46. The molecule has 1 atom stereocenters. The monoisotopic (exact) mass is 509 g/mol. The van der Waals surface area contributed by atoms with Crippen LogP contribution in [0.3, 0.4) is 0 Å². The van der Waals surface area contributed by atoms with Gasteiger partial charge in [-0.3, -0.25) is 0 Å². The number of unbranched alkanes of at least 4 members (excludes halogenated alkanes) is 18. The van der Waals surface area contributed by atoms with Crippen LogP contribution in [0.2, 0.25) is 0 Å². The summed E-state index contributed by atoms with van der Waals surface area (Å²) in [6, 6.07) is 10.9. The molecule has 0 radical (unpaired) electrons. The van der Waals surface area contributed by atoms with Gasteiger partial charge >= 0.3 is 0 Å². The van der Waals surface area contributed by atoms with E-state index in [1.807, 2.05) is 0 Å². The third-order valence-corrected chi connectivity index (χ3v) is 8.19. The number of aromatic amines is 1. The number of aromatic nitrogens is 2. The second-order valence-corrected chi connectivity index (χ2v) is 11.6. The van der Waals surface area contributed by atoms with Crippen LogP contribution in [0.25, 0.3) is 0 Å². The Kier molecular flexibility index (Phi) is 19.2. The molecule has 0 aliphatic rings. The molecule has 0 aliphatic heterocycles. The Labute approximate surface area is 231 Å². The maximum absolute atomic E-state index is 3.62. The van der Waals surface area contributed by atoms with Gasteiger partial charge in [0.25, 0.3) is 5.82 Å². The molecule has 0 saturated heterocycles. The van der Waals surface area contributed by atoms with Gasteiger partial charge in [-0.05, 0) is 18.4 Å². The topological polar surface area (TPSA) is 19.7 Å². The first kappa shape index (κ1) is 31.6. The minimum atomic E-state index is 0.668. The summed E-state index contributed by atoms with van der Waals surface area (Å²) >= 11 is 0. The van der Waals surface area contributed by atoms with Gasteiger partial charge in [0.05, 0.1) is 5.92 Å². The largest absolute Gasteiger partial charge is 0.257 e. The van der Waals surface area contributed by atoms with Crippen LogP contribution in [0.1, 0.15) is 172 Å². The summed E-state index contributed by atoms with van der Waals surface area (Å²) in [6.07, 6.45) is 35.6. The number of hydrogen-bond donors (Lipinski definition) is 1. The van der Waals surface area contributed by atoms with Crippen molar-refractivity contribution in [3.63, 3.8) is 0 Å². The highest BCUT2D eigenvalue weighted by atomic mass is 15.1. The predicted octanol–water partition coefficient (Wildman–Crippen LogP) is 11.1. The summed E-state index contributed by atoms with van der Waals surface area (Å²) in [5.41, 5.74) is 1.39. The molecule has 2 aromatic rings. The molecule has 37 heavy (non-hydrogen) atoms. The van der Waals surface area contributed by atoms with Gasteiger partial charge in [-0.1, -0.05) is 173 Å². The molecule has 2 heteroatoms. The van der Waals surface area contributed by atoms with Gasteiger partial charge in [0.15, 0.2) is 0 Å². The van der Waals surface area contributed by atoms with Crippen molar-refractivity contribution in [2.45, 2.75) is 168 Å². The lowest BCUT2D eigenvalue weighted by molar-refractivity contribution is -0.695. The van der Waals surface area contributed by atoms with Crippen LogP contribution in [0.15, 0.2) is 42.7 Å².